The zero-order valence-electron chi connectivity index (χ0n) is 9.40. The molecule has 0 saturated heterocycles. The van der Waals surface area contributed by atoms with Crippen molar-refractivity contribution in [1.29, 1.82) is 0 Å². The quantitative estimate of drug-likeness (QED) is 0.603. The second kappa shape index (κ2) is 5.46. The first-order chi connectivity index (χ1) is 8.31. The summed E-state index contributed by atoms with van der Waals surface area (Å²) in [7, 11) is 1.38. The van der Waals surface area contributed by atoms with Crippen LogP contribution in [-0.2, 0) is 9.53 Å². The van der Waals surface area contributed by atoms with Gasteiger partial charge in [-0.2, -0.15) is 0 Å². The molecule has 0 bridgehead atoms. The first-order valence-electron chi connectivity index (χ1n) is 5.19. The van der Waals surface area contributed by atoms with Crippen molar-refractivity contribution in [2.45, 2.75) is 12.8 Å². The van der Waals surface area contributed by atoms with Crippen molar-refractivity contribution in [3.63, 3.8) is 0 Å². The van der Waals surface area contributed by atoms with Crippen LogP contribution in [0.4, 0.5) is 0 Å². The van der Waals surface area contributed by atoms with E-state index < -0.39 is 0 Å². The van der Waals surface area contributed by atoms with Crippen molar-refractivity contribution < 1.29 is 9.53 Å². The van der Waals surface area contributed by atoms with Crippen LogP contribution in [0.3, 0.4) is 0 Å². The Kier molecular flexibility index (Phi) is 3.73. The van der Waals surface area contributed by atoms with Gasteiger partial charge in [-0.3, -0.25) is 4.79 Å². The van der Waals surface area contributed by atoms with Gasteiger partial charge in [0.25, 0.3) is 0 Å². The van der Waals surface area contributed by atoms with Gasteiger partial charge in [0.2, 0.25) is 0 Å². The summed E-state index contributed by atoms with van der Waals surface area (Å²) >= 11 is 1.58. The van der Waals surface area contributed by atoms with Crippen molar-refractivity contribution in [2.24, 2.45) is 0 Å². The van der Waals surface area contributed by atoms with E-state index in [1.807, 2.05) is 23.7 Å². The van der Waals surface area contributed by atoms with Gasteiger partial charge >= 0.3 is 5.97 Å². The highest BCUT2D eigenvalue weighted by Crippen LogP contribution is 2.21. The Bertz CT molecular complexity index is 592. The molecular weight excluding hydrogens is 234 g/mol. The summed E-state index contributed by atoms with van der Waals surface area (Å²) in [5.74, 6) is 5.82. The summed E-state index contributed by atoms with van der Waals surface area (Å²) in [6.45, 7) is 0. The van der Waals surface area contributed by atoms with Gasteiger partial charge in [-0.25, -0.2) is 4.98 Å². The third-order valence-electron chi connectivity index (χ3n) is 2.26. The summed E-state index contributed by atoms with van der Waals surface area (Å²) < 4.78 is 5.64. The minimum atomic E-state index is -0.227. The molecule has 0 fully saturated rings. The SMILES string of the molecule is COC(=O)CCC#Cc1cccc2ncsc12. The Labute approximate surface area is 103 Å². The average molecular weight is 245 g/mol. The molecule has 0 unspecified atom stereocenters. The number of nitrogens with zero attached hydrogens (tertiary/aromatic N) is 1. The second-order valence-corrected chi connectivity index (χ2v) is 4.24. The van der Waals surface area contributed by atoms with Crippen LogP contribution in [0.25, 0.3) is 10.2 Å². The van der Waals surface area contributed by atoms with E-state index in [4.69, 9.17) is 0 Å². The number of methoxy groups -OCH3 is 1. The number of ether oxygens (including phenoxy) is 1. The molecule has 0 atom stereocenters. The van der Waals surface area contributed by atoms with Crippen LogP contribution in [0.15, 0.2) is 23.7 Å². The second-order valence-electron chi connectivity index (χ2n) is 3.38. The van der Waals surface area contributed by atoms with Crippen molar-refractivity contribution in [2.75, 3.05) is 7.11 Å². The van der Waals surface area contributed by atoms with Gasteiger partial charge in [-0.15, -0.1) is 11.3 Å². The van der Waals surface area contributed by atoms with Gasteiger partial charge in [0.05, 0.1) is 29.3 Å². The molecule has 86 valence electrons. The molecule has 0 aliphatic rings. The van der Waals surface area contributed by atoms with Gasteiger partial charge in [0, 0.05) is 12.0 Å². The molecule has 3 nitrogen and oxygen atoms in total. The number of esters is 1. The molecule has 0 aliphatic heterocycles. The summed E-state index contributed by atoms with van der Waals surface area (Å²) in [6.07, 6.45) is 0.851. The van der Waals surface area contributed by atoms with E-state index in [1.165, 1.54) is 7.11 Å². The van der Waals surface area contributed by atoms with E-state index in [0.29, 0.717) is 12.8 Å². The van der Waals surface area contributed by atoms with Crippen LogP contribution in [-0.4, -0.2) is 18.1 Å². The fraction of sp³-hybridized carbons (Fsp3) is 0.231. The van der Waals surface area contributed by atoms with Crippen molar-refractivity contribution >= 4 is 27.5 Å². The Morgan fingerprint density at radius 1 is 1.53 bits per heavy atom. The fourth-order valence-electron chi connectivity index (χ4n) is 1.41. The number of rotatable bonds is 2. The maximum Gasteiger partial charge on any atom is 0.306 e. The molecule has 1 heterocycles. The van der Waals surface area contributed by atoms with Gasteiger partial charge in [0.15, 0.2) is 0 Å². The molecule has 17 heavy (non-hydrogen) atoms. The maximum atomic E-state index is 10.9. The lowest BCUT2D eigenvalue weighted by atomic mass is 10.2. The summed E-state index contributed by atoms with van der Waals surface area (Å²) in [4.78, 5) is 15.1. The number of benzene rings is 1. The van der Waals surface area contributed by atoms with Gasteiger partial charge < -0.3 is 4.74 Å². The molecule has 1 aromatic heterocycles. The molecular formula is C13H11NO2S. The predicted molar refractivity (Wildman–Crippen MR) is 67.7 cm³/mol. The highest BCUT2D eigenvalue weighted by molar-refractivity contribution is 7.17. The van der Waals surface area contributed by atoms with Crippen molar-refractivity contribution in [3.8, 4) is 11.8 Å². The lowest BCUT2D eigenvalue weighted by Crippen LogP contribution is -1.98. The monoisotopic (exact) mass is 245 g/mol. The van der Waals surface area contributed by atoms with Crippen LogP contribution in [0.1, 0.15) is 18.4 Å². The molecule has 0 spiro atoms. The molecule has 0 amide bonds. The Hall–Kier alpha value is -1.86. The summed E-state index contributed by atoms with van der Waals surface area (Å²) in [5, 5.41) is 0. The minimum absolute atomic E-state index is 0.227. The molecule has 2 aromatic rings. The number of thiazole rings is 1. The van der Waals surface area contributed by atoms with Gasteiger partial charge in [-0.1, -0.05) is 17.9 Å². The zero-order chi connectivity index (χ0) is 12.1. The largest absolute Gasteiger partial charge is 0.469 e. The lowest BCUT2D eigenvalue weighted by Gasteiger charge is -1.93. The molecule has 1 aromatic carbocycles. The van der Waals surface area contributed by atoms with Crippen LogP contribution in [0.5, 0.6) is 0 Å². The number of hydrogen-bond acceptors (Lipinski definition) is 4. The predicted octanol–water partition coefficient (Wildman–Crippen LogP) is 2.60. The lowest BCUT2D eigenvalue weighted by molar-refractivity contribution is -0.140. The Balaban J connectivity index is 2.11. The van der Waals surface area contributed by atoms with Gasteiger partial charge in [-0.05, 0) is 12.1 Å². The molecule has 4 heteroatoms. The van der Waals surface area contributed by atoms with E-state index in [2.05, 4.69) is 21.6 Å². The smallest absolute Gasteiger partial charge is 0.306 e. The number of hydrogen-bond donors (Lipinski definition) is 0. The van der Waals surface area contributed by atoms with Crippen molar-refractivity contribution in [3.05, 3.63) is 29.3 Å². The number of aromatic nitrogens is 1. The fourth-order valence-corrected chi connectivity index (χ4v) is 2.17. The molecule has 2 rings (SSSR count). The van der Waals surface area contributed by atoms with E-state index in [-0.39, 0.29) is 5.97 Å². The molecule has 0 saturated carbocycles. The zero-order valence-corrected chi connectivity index (χ0v) is 10.2. The van der Waals surface area contributed by atoms with E-state index >= 15 is 0 Å². The highest BCUT2D eigenvalue weighted by atomic mass is 32.1. The van der Waals surface area contributed by atoms with Crippen LogP contribution < -0.4 is 0 Å². The Morgan fingerprint density at radius 3 is 3.24 bits per heavy atom. The van der Waals surface area contributed by atoms with Gasteiger partial charge in [0.1, 0.15) is 0 Å². The molecule has 0 radical (unpaired) electrons. The third kappa shape index (κ3) is 2.83. The maximum absolute atomic E-state index is 10.9. The molecule has 0 N–H and O–H groups in total. The first-order valence-corrected chi connectivity index (χ1v) is 6.07. The highest BCUT2D eigenvalue weighted by Gasteiger charge is 2.00. The standard InChI is InChI=1S/C13H11NO2S/c1-16-12(15)8-3-2-5-10-6-4-7-11-13(10)17-9-14-11/h4,6-7,9H,3,8H2,1H3. The summed E-state index contributed by atoms with van der Waals surface area (Å²) in [6, 6.07) is 5.86. The van der Waals surface area contributed by atoms with Crippen LogP contribution in [0.2, 0.25) is 0 Å². The normalized spacial score (nSPS) is 9.71. The van der Waals surface area contributed by atoms with Crippen LogP contribution in [0, 0.1) is 11.8 Å². The van der Waals surface area contributed by atoms with E-state index in [0.717, 1.165) is 15.8 Å². The van der Waals surface area contributed by atoms with E-state index in [9.17, 15) is 4.79 Å². The number of carbonyl (C=O) groups excluding carboxylic acids is 1. The Morgan fingerprint density at radius 2 is 2.41 bits per heavy atom. The molecule has 0 aliphatic carbocycles. The van der Waals surface area contributed by atoms with Crippen LogP contribution >= 0.6 is 11.3 Å². The van der Waals surface area contributed by atoms with Crippen molar-refractivity contribution in [1.82, 2.24) is 4.98 Å². The number of carbonyl (C=O) groups is 1. The average Bonchev–Trinajstić information content (AvgIpc) is 2.83. The summed E-state index contributed by atoms with van der Waals surface area (Å²) in [5.41, 5.74) is 3.74. The number of fused-ring (bicyclic) bond motifs is 1. The topological polar surface area (TPSA) is 39.2 Å². The third-order valence-corrected chi connectivity index (χ3v) is 3.14. The minimum Gasteiger partial charge on any atom is -0.469 e. The van der Waals surface area contributed by atoms with E-state index in [1.54, 1.807) is 11.3 Å². The first kappa shape index (κ1) is 11.6.